The highest BCUT2D eigenvalue weighted by molar-refractivity contribution is 5.70. The minimum Gasteiger partial charge on any atom is -0.497 e. The van der Waals surface area contributed by atoms with E-state index in [1.165, 1.54) is 5.56 Å². The molecule has 156 valence electrons. The number of hydrogen-bond acceptors (Lipinski definition) is 5. The molecule has 3 aromatic rings. The minimum atomic E-state index is 0.617. The Morgan fingerprint density at radius 1 is 0.833 bits per heavy atom. The molecule has 0 aliphatic carbocycles. The van der Waals surface area contributed by atoms with Gasteiger partial charge in [0.2, 0.25) is 0 Å². The third-order valence-corrected chi connectivity index (χ3v) is 5.34. The normalized spacial score (nSPS) is 13.7. The summed E-state index contributed by atoms with van der Waals surface area (Å²) in [4.78, 5) is 2.38. The van der Waals surface area contributed by atoms with E-state index in [0.717, 1.165) is 59.3 Å². The number of hydrogen-bond donors (Lipinski definition) is 0. The maximum atomic E-state index is 6.10. The van der Waals surface area contributed by atoms with Crippen LogP contribution in [0.15, 0.2) is 60.7 Å². The average Bonchev–Trinajstić information content (AvgIpc) is 3.00. The lowest BCUT2D eigenvalue weighted by molar-refractivity contribution is 0.216. The third kappa shape index (κ3) is 4.36. The Bertz CT molecular complexity index is 1020. The Kier molecular flexibility index (Phi) is 6.10. The lowest BCUT2D eigenvalue weighted by Crippen LogP contribution is -2.25. The largest absolute Gasteiger partial charge is 0.497 e. The molecule has 4 rings (SSSR count). The van der Waals surface area contributed by atoms with E-state index in [2.05, 4.69) is 29.2 Å². The second-order valence-corrected chi connectivity index (χ2v) is 7.31. The zero-order valence-electron chi connectivity index (χ0n) is 17.7. The molecule has 5 heteroatoms. The molecular formula is C25H27NO4. The van der Waals surface area contributed by atoms with Crippen LogP contribution in [0.5, 0.6) is 23.0 Å². The molecule has 0 spiro atoms. The Morgan fingerprint density at radius 2 is 1.60 bits per heavy atom. The first kappa shape index (κ1) is 20.1. The summed E-state index contributed by atoms with van der Waals surface area (Å²) in [6, 6.07) is 20.5. The Balaban J connectivity index is 1.65. The molecule has 0 unspecified atom stereocenters. The van der Waals surface area contributed by atoms with E-state index in [4.69, 9.17) is 18.9 Å². The summed E-state index contributed by atoms with van der Waals surface area (Å²) in [6.07, 6.45) is 0. The molecule has 5 nitrogen and oxygen atoms in total. The van der Waals surface area contributed by atoms with Gasteiger partial charge < -0.3 is 18.9 Å². The van der Waals surface area contributed by atoms with Gasteiger partial charge in [0.05, 0.1) is 21.3 Å². The van der Waals surface area contributed by atoms with E-state index >= 15 is 0 Å². The zero-order valence-corrected chi connectivity index (χ0v) is 17.7. The maximum Gasteiger partial charge on any atom is 0.165 e. The van der Waals surface area contributed by atoms with Crippen molar-refractivity contribution in [2.24, 2.45) is 0 Å². The van der Waals surface area contributed by atoms with Crippen LogP contribution in [0.1, 0.15) is 11.1 Å². The van der Waals surface area contributed by atoms with Gasteiger partial charge in [-0.25, -0.2) is 0 Å². The van der Waals surface area contributed by atoms with Gasteiger partial charge in [-0.05, 0) is 53.1 Å². The lowest BCUT2D eigenvalue weighted by atomic mass is 10.0. The first-order valence-corrected chi connectivity index (χ1v) is 10.0. The van der Waals surface area contributed by atoms with Crippen LogP contribution >= 0.6 is 0 Å². The lowest BCUT2D eigenvalue weighted by Gasteiger charge is -2.20. The van der Waals surface area contributed by atoms with Gasteiger partial charge in [-0.1, -0.05) is 24.3 Å². The molecule has 0 saturated heterocycles. The Morgan fingerprint density at radius 3 is 2.37 bits per heavy atom. The molecule has 0 saturated carbocycles. The maximum absolute atomic E-state index is 6.10. The fourth-order valence-corrected chi connectivity index (χ4v) is 3.82. The number of methoxy groups -OCH3 is 3. The first-order chi connectivity index (χ1) is 14.7. The molecule has 0 atom stereocenters. The van der Waals surface area contributed by atoms with Gasteiger partial charge in [0.25, 0.3) is 0 Å². The van der Waals surface area contributed by atoms with Crippen LogP contribution in [0.3, 0.4) is 0 Å². The van der Waals surface area contributed by atoms with Crippen molar-refractivity contribution in [2.75, 3.05) is 34.5 Å². The number of ether oxygens (including phenoxy) is 4. The molecule has 0 amide bonds. The summed E-state index contributed by atoms with van der Waals surface area (Å²) in [6.45, 7) is 3.06. The average molecular weight is 405 g/mol. The molecule has 30 heavy (non-hydrogen) atoms. The highest BCUT2D eigenvalue weighted by Crippen LogP contribution is 2.39. The van der Waals surface area contributed by atoms with Gasteiger partial charge in [-0.15, -0.1) is 0 Å². The predicted octanol–water partition coefficient (Wildman–Crippen LogP) is 4.77. The fourth-order valence-electron chi connectivity index (χ4n) is 3.82. The molecule has 0 N–H and O–H groups in total. The first-order valence-electron chi connectivity index (χ1n) is 10.0. The summed E-state index contributed by atoms with van der Waals surface area (Å²) in [5.74, 6) is 3.30. The van der Waals surface area contributed by atoms with Crippen molar-refractivity contribution in [3.8, 4) is 34.1 Å². The molecule has 1 heterocycles. The summed E-state index contributed by atoms with van der Waals surface area (Å²) in [7, 11) is 5.07. The van der Waals surface area contributed by atoms with Gasteiger partial charge in [-0.3, -0.25) is 4.90 Å². The van der Waals surface area contributed by atoms with Crippen molar-refractivity contribution in [1.29, 1.82) is 0 Å². The van der Waals surface area contributed by atoms with Crippen molar-refractivity contribution in [2.45, 2.75) is 13.1 Å². The van der Waals surface area contributed by atoms with E-state index in [1.807, 2.05) is 36.4 Å². The second kappa shape index (κ2) is 9.09. The second-order valence-electron chi connectivity index (χ2n) is 7.31. The smallest absolute Gasteiger partial charge is 0.165 e. The highest BCUT2D eigenvalue weighted by atomic mass is 16.5. The van der Waals surface area contributed by atoms with Crippen molar-refractivity contribution in [1.82, 2.24) is 4.90 Å². The van der Waals surface area contributed by atoms with Crippen LogP contribution < -0.4 is 18.9 Å². The highest BCUT2D eigenvalue weighted by Gasteiger charge is 2.21. The predicted molar refractivity (Wildman–Crippen MR) is 118 cm³/mol. The molecule has 1 aliphatic heterocycles. The van der Waals surface area contributed by atoms with Gasteiger partial charge in [0.15, 0.2) is 11.5 Å². The third-order valence-electron chi connectivity index (χ3n) is 5.34. The van der Waals surface area contributed by atoms with Crippen molar-refractivity contribution in [3.63, 3.8) is 0 Å². The molecule has 0 bridgehead atoms. The van der Waals surface area contributed by atoms with Gasteiger partial charge in [0.1, 0.15) is 18.1 Å². The summed E-state index contributed by atoms with van der Waals surface area (Å²) in [5.41, 5.74) is 4.50. The van der Waals surface area contributed by atoms with Crippen LogP contribution in [0.2, 0.25) is 0 Å². The molecular weight excluding hydrogens is 378 g/mol. The fraction of sp³-hybridized carbons (Fsp3) is 0.280. The summed E-state index contributed by atoms with van der Waals surface area (Å²) < 4.78 is 22.5. The number of rotatable bonds is 6. The Hall–Kier alpha value is -3.18. The molecule has 3 aromatic carbocycles. The van der Waals surface area contributed by atoms with Crippen molar-refractivity contribution >= 4 is 0 Å². The van der Waals surface area contributed by atoms with Crippen LogP contribution in [-0.2, 0) is 13.1 Å². The number of benzene rings is 3. The van der Waals surface area contributed by atoms with Crippen molar-refractivity contribution in [3.05, 3.63) is 71.8 Å². The SMILES string of the molecule is COc1cccc(CN2CCOc3c(cc(-c4cccc(OC)c4)cc3OC)C2)c1. The van der Waals surface area contributed by atoms with Crippen molar-refractivity contribution < 1.29 is 18.9 Å². The van der Waals surface area contributed by atoms with Crippen LogP contribution in [0.25, 0.3) is 11.1 Å². The van der Waals surface area contributed by atoms with E-state index in [-0.39, 0.29) is 0 Å². The minimum absolute atomic E-state index is 0.617. The van der Waals surface area contributed by atoms with Gasteiger partial charge in [0, 0.05) is 25.2 Å². The van der Waals surface area contributed by atoms with Gasteiger partial charge >= 0.3 is 0 Å². The van der Waals surface area contributed by atoms with E-state index in [0.29, 0.717) is 6.61 Å². The topological polar surface area (TPSA) is 40.2 Å². The molecule has 0 aromatic heterocycles. The van der Waals surface area contributed by atoms with E-state index in [9.17, 15) is 0 Å². The van der Waals surface area contributed by atoms with E-state index < -0.39 is 0 Å². The van der Waals surface area contributed by atoms with Gasteiger partial charge in [-0.2, -0.15) is 0 Å². The standard InChI is InChI=1S/C25H27NO4/c1-27-22-8-4-6-18(12-22)16-26-10-11-30-25-21(17-26)13-20(15-24(25)29-3)19-7-5-9-23(14-19)28-2/h4-9,12-15H,10-11,16-17H2,1-3H3. The van der Waals surface area contributed by atoms with Crippen LogP contribution in [-0.4, -0.2) is 39.4 Å². The number of fused-ring (bicyclic) bond motifs is 1. The van der Waals surface area contributed by atoms with Crippen LogP contribution in [0.4, 0.5) is 0 Å². The summed E-state index contributed by atoms with van der Waals surface area (Å²) >= 11 is 0. The monoisotopic (exact) mass is 405 g/mol. The molecule has 0 fully saturated rings. The van der Waals surface area contributed by atoms with Crippen LogP contribution in [0, 0.1) is 0 Å². The summed E-state index contributed by atoms with van der Waals surface area (Å²) in [5, 5.41) is 0. The molecule has 1 aliphatic rings. The molecule has 0 radical (unpaired) electrons. The zero-order chi connectivity index (χ0) is 20.9. The number of nitrogens with zero attached hydrogens (tertiary/aromatic N) is 1. The quantitative estimate of drug-likeness (QED) is 0.591. The van der Waals surface area contributed by atoms with E-state index in [1.54, 1.807) is 21.3 Å². The Labute approximate surface area is 177 Å².